The zero-order chi connectivity index (χ0) is 20.7. The molecule has 154 valence electrons. The summed E-state index contributed by atoms with van der Waals surface area (Å²) in [6.07, 6.45) is -1.11. The largest absolute Gasteiger partial charge is 0.476 e. The zero-order valence-corrected chi connectivity index (χ0v) is 16.9. The minimum absolute atomic E-state index is 0.0555. The van der Waals surface area contributed by atoms with Gasteiger partial charge >= 0.3 is 12.1 Å². The van der Waals surface area contributed by atoms with Gasteiger partial charge in [0.15, 0.2) is 6.04 Å². The van der Waals surface area contributed by atoms with Crippen LogP contribution in [0.25, 0.3) is 0 Å². The first-order valence-electron chi connectivity index (χ1n) is 9.13. The SMILES string of the molecule is COC(=O)[C@@H]1COC([C@@H](NC(=O)OC(C)(C)C)[C@@H](C)OCc2ccccc2)=N1. The molecule has 0 bridgehead atoms. The number of aliphatic imine (C=N–C) groups is 1. The van der Waals surface area contributed by atoms with E-state index in [4.69, 9.17) is 18.9 Å². The van der Waals surface area contributed by atoms with E-state index in [-0.39, 0.29) is 12.5 Å². The van der Waals surface area contributed by atoms with Crippen LogP contribution < -0.4 is 5.32 Å². The first kappa shape index (κ1) is 21.7. The first-order chi connectivity index (χ1) is 13.2. The van der Waals surface area contributed by atoms with E-state index in [0.29, 0.717) is 6.61 Å². The summed E-state index contributed by atoms with van der Waals surface area (Å²) >= 11 is 0. The van der Waals surface area contributed by atoms with E-state index in [1.54, 1.807) is 27.7 Å². The summed E-state index contributed by atoms with van der Waals surface area (Å²) in [5.41, 5.74) is 0.336. The van der Waals surface area contributed by atoms with Crippen LogP contribution in [0.4, 0.5) is 4.79 Å². The van der Waals surface area contributed by atoms with Crippen LogP contribution in [0.3, 0.4) is 0 Å². The van der Waals surface area contributed by atoms with Gasteiger partial charge in [-0.25, -0.2) is 14.6 Å². The highest BCUT2D eigenvalue weighted by atomic mass is 16.6. The number of methoxy groups -OCH3 is 1. The van der Waals surface area contributed by atoms with Crippen LogP contribution in [0.5, 0.6) is 0 Å². The number of benzene rings is 1. The Labute approximate surface area is 165 Å². The number of esters is 1. The average molecular weight is 392 g/mol. The van der Waals surface area contributed by atoms with Gasteiger partial charge in [0.05, 0.1) is 19.8 Å². The number of amides is 1. The Morgan fingerprint density at radius 3 is 2.57 bits per heavy atom. The van der Waals surface area contributed by atoms with E-state index in [1.807, 2.05) is 30.3 Å². The summed E-state index contributed by atoms with van der Waals surface area (Å²) in [6.45, 7) is 7.51. The minimum Gasteiger partial charge on any atom is -0.476 e. The van der Waals surface area contributed by atoms with Gasteiger partial charge < -0.3 is 24.3 Å². The third-order valence-electron chi connectivity index (χ3n) is 3.91. The van der Waals surface area contributed by atoms with Gasteiger partial charge in [-0.3, -0.25) is 0 Å². The Bertz CT molecular complexity index is 698. The Hall–Kier alpha value is -2.61. The molecule has 0 aromatic heterocycles. The van der Waals surface area contributed by atoms with Gasteiger partial charge in [-0.2, -0.15) is 0 Å². The maximum Gasteiger partial charge on any atom is 0.408 e. The molecule has 1 aromatic rings. The fraction of sp³-hybridized carbons (Fsp3) is 0.550. The van der Waals surface area contributed by atoms with Crippen LogP contribution in [-0.4, -0.2) is 55.5 Å². The molecule has 3 atom stereocenters. The van der Waals surface area contributed by atoms with Crippen molar-refractivity contribution in [3.63, 3.8) is 0 Å². The fourth-order valence-corrected chi connectivity index (χ4v) is 2.53. The highest BCUT2D eigenvalue weighted by Gasteiger charge is 2.35. The lowest BCUT2D eigenvalue weighted by Gasteiger charge is -2.27. The summed E-state index contributed by atoms with van der Waals surface area (Å²) in [5.74, 6) is -0.286. The molecule has 0 unspecified atom stereocenters. The minimum atomic E-state index is -0.760. The molecular weight excluding hydrogens is 364 g/mol. The third kappa shape index (κ3) is 6.53. The number of hydrogen-bond donors (Lipinski definition) is 1. The maximum absolute atomic E-state index is 12.3. The van der Waals surface area contributed by atoms with Crippen molar-refractivity contribution in [2.75, 3.05) is 13.7 Å². The standard InChI is InChI=1S/C20H28N2O6/c1-13(26-11-14-9-7-6-8-10-14)16(22-19(24)28-20(2,3)4)17-21-15(12-27-17)18(23)25-5/h6-10,13,15-16H,11-12H2,1-5H3,(H,22,24)/t13-,15+,16+/m1/s1. The average Bonchev–Trinajstić information content (AvgIpc) is 3.12. The van der Waals surface area contributed by atoms with Gasteiger partial charge in [-0.15, -0.1) is 0 Å². The molecule has 0 saturated heterocycles. The van der Waals surface area contributed by atoms with Crippen molar-refractivity contribution in [2.24, 2.45) is 4.99 Å². The number of rotatable bonds is 7. The molecule has 1 heterocycles. The maximum atomic E-state index is 12.3. The molecule has 1 aromatic carbocycles. The molecule has 0 saturated carbocycles. The molecule has 0 spiro atoms. The topological polar surface area (TPSA) is 95.5 Å². The summed E-state index contributed by atoms with van der Waals surface area (Å²) < 4.78 is 21.5. The molecule has 8 nitrogen and oxygen atoms in total. The van der Waals surface area contributed by atoms with Crippen molar-refractivity contribution < 1.29 is 28.5 Å². The van der Waals surface area contributed by atoms with E-state index in [0.717, 1.165) is 5.56 Å². The summed E-state index contributed by atoms with van der Waals surface area (Å²) in [5, 5.41) is 2.73. The van der Waals surface area contributed by atoms with Crippen molar-refractivity contribution in [2.45, 2.75) is 58.1 Å². The molecule has 8 heteroatoms. The molecule has 1 N–H and O–H groups in total. The first-order valence-corrected chi connectivity index (χ1v) is 9.13. The Kier molecular flexibility index (Phi) is 7.39. The molecule has 2 rings (SSSR count). The van der Waals surface area contributed by atoms with Crippen LogP contribution in [0.15, 0.2) is 35.3 Å². The predicted molar refractivity (Wildman–Crippen MR) is 103 cm³/mol. The highest BCUT2D eigenvalue weighted by molar-refractivity contribution is 5.91. The van der Waals surface area contributed by atoms with Gasteiger partial charge in [0.25, 0.3) is 0 Å². The zero-order valence-electron chi connectivity index (χ0n) is 16.9. The van der Waals surface area contributed by atoms with E-state index in [2.05, 4.69) is 10.3 Å². The van der Waals surface area contributed by atoms with Gasteiger partial charge in [0, 0.05) is 0 Å². The van der Waals surface area contributed by atoms with Crippen molar-refractivity contribution in [1.29, 1.82) is 0 Å². The number of alkyl carbamates (subject to hydrolysis) is 1. The van der Waals surface area contributed by atoms with Gasteiger partial charge in [0.1, 0.15) is 18.2 Å². The van der Waals surface area contributed by atoms with Crippen molar-refractivity contribution in [3.8, 4) is 0 Å². The lowest BCUT2D eigenvalue weighted by molar-refractivity contribution is -0.142. The monoisotopic (exact) mass is 392 g/mol. The smallest absolute Gasteiger partial charge is 0.408 e. The van der Waals surface area contributed by atoms with Crippen molar-refractivity contribution in [3.05, 3.63) is 35.9 Å². The summed E-state index contributed by atoms with van der Waals surface area (Å²) in [7, 11) is 1.29. The Morgan fingerprint density at radius 1 is 1.29 bits per heavy atom. The molecule has 0 fully saturated rings. The van der Waals surface area contributed by atoms with E-state index < -0.39 is 35.9 Å². The van der Waals surface area contributed by atoms with Crippen LogP contribution >= 0.6 is 0 Å². The predicted octanol–water partition coefficient (Wildman–Crippen LogP) is 2.46. The lowest BCUT2D eigenvalue weighted by Crippen LogP contribution is -2.50. The molecule has 1 amide bonds. The van der Waals surface area contributed by atoms with Crippen molar-refractivity contribution >= 4 is 18.0 Å². The Balaban J connectivity index is 2.11. The number of ether oxygens (including phenoxy) is 4. The normalized spacial score (nSPS) is 18.5. The molecule has 28 heavy (non-hydrogen) atoms. The second-order valence-electron chi connectivity index (χ2n) is 7.44. The second-order valence-corrected chi connectivity index (χ2v) is 7.44. The summed E-state index contributed by atoms with van der Waals surface area (Å²) in [6, 6.07) is 8.18. The molecule has 0 aliphatic carbocycles. The number of nitrogens with one attached hydrogen (secondary N) is 1. The van der Waals surface area contributed by atoms with E-state index in [9.17, 15) is 9.59 Å². The van der Waals surface area contributed by atoms with E-state index >= 15 is 0 Å². The highest BCUT2D eigenvalue weighted by Crippen LogP contribution is 2.15. The number of carbonyl (C=O) groups is 2. The molecule has 0 radical (unpaired) electrons. The van der Waals surface area contributed by atoms with E-state index in [1.165, 1.54) is 7.11 Å². The Morgan fingerprint density at radius 2 is 1.96 bits per heavy atom. The molecule has 1 aliphatic heterocycles. The van der Waals surface area contributed by atoms with Gasteiger partial charge in [0.2, 0.25) is 5.90 Å². The third-order valence-corrected chi connectivity index (χ3v) is 3.91. The molecular formula is C20H28N2O6. The van der Waals surface area contributed by atoms with Gasteiger partial charge in [-0.05, 0) is 33.3 Å². The summed E-state index contributed by atoms with van der Waals surface area (Å²) in [4.78, 5) is 28.3. The van der Waals surface area contributed by atoms with Crippen LogP contribution in [0, 0.1) is 0 Å². The van der Waals surface area contributed by atoms with Crippen LogP contribution in [0.2, 0.25) is 0 Å². The molecule has 1 aliphatic rings. The van der Waals surface area contributed by atoms with Crippen molar-refractivity contribution in [1.82, 2.24) is 5.32 Å². The van der Waals surface area contributed by atoms with Crippen LogP contribution in [-0.2, 0) is 30.3 Å². The fourth-order valence-electron chi connectivity index (χ4n) is 2.53. The van der Waals surface area contributed by atoms with Crippen LogP contribution in [0.1, 0.15) is 33.3 Å². The number of nitrogens with zero attached hydrogens (tertiary/aromatic N) is 1. The van der Waals surface area contributed by atoms with Gasteiger partial charge in [-0.1, -0.05) is 30.3 Å². The number of hydrogen-bond acceptors (Lipinski definition) is 7. The quantitative estimate of drug-likeness (QED) is 0.716. The lowest BCUT2D eigenvalue weighted by atomic mass is 10.1. The second kappa shape index (κ2) is 9.54. The number of carbonyl (C=O) groups excluding carboxylic acids is 2.